The van der Waals surface area contributed by atoms with Crippen molar-refractivity contribution in [2.75, 3.05) is 0 Å². The molecule has 1 unspecified atom stereocenters. The van der Waals surface area contributed by atoms with Crippen molar-refractivity contribution in [3.63, 3.8) is 0 Å². The van der Waals surface area contributed by atoms with Gasteiger partial charge in [0.1, 0.15) is 0 Å². The molecule has 0 bridgehead atoms. The molecule has 18 heavy (non-hydrogen) atoms. The van der Waals surface area contributed by atoms with Crippen molar-refractivity contribution in [3.8, 4) is 0 Å². The quantitative estimate of drug-likeness (QED) is 0.717. The lowest BCUT2D eigenvalue weighted by molar-refractivity contribution is 0.336. The third-order valence-corrected chi connectivity index (χ3v) is 3.25. The van der Waals surface area contributed by atoms with Crippen LogP contribution in [0, 0.1) is 0 Å². The minimum Gasteiger partial charge on any atom is -0.339 e. The number of unbranched alkanes of at least 4 members (excludes halogenated alkanes) is 4. The Kier molecular flexibility index (Phi) is 5.79. The van der Waals surface area contributed by atoms with E-state index in [0.29, 0.717) is 11.7 Å². The largest absolute Gasteiger partial charge is 0.339 e. The molecule has 1 atom stereocenters. The van der Waals surface area contributed by atoms with E-state index in [0.717, 1.165) is 12.8 Å². The predicted molar refractivity (Wildman–Crippen MR) is 73.3 cm³/mol. The van der Waals surface area contributed by atoms with Crippen LogP contribution in [0.1, 0.15) is 83.9 Å². The van der Waals surface area contributed by atoms with Gasteiger partial charge in [-0.3, -0.25) is 0 Å². The summed E-state index contributed by atoms with van der Waals surface area (Å²) < 4.78 is 5.22. The van der Waals surface area contributed by atoms with Gasteiger partial charge in [-0.2, -0.15) is 4.98 Å². The Morgan fingerprint density at radius 1 is 1.22 bits per heavy atom. The fourth-order valence-corrected chi connectivity index (χ4v) is 1.91. The summed E-state index contributed by atoms with van der Waals surface area (Å²) in [5.74, 6) is 1.57. The maximum Gasteiger partial charge on any atom is 0.229 e. The molecule has 0 spiro atoms. The van der Waals surface area contributed by atoms with Gasteiger partial charge >= 0.3 is 0 Å². The van der Waals surface area contributed by atoms with Crippen LogP contribution in [0.3, 0.4) is 0 Å². The zero-order valence-corrected chi connectivity index (χ0v) is 12.2. The fourth-order valence-electron chi connectivity index (χ4n) is 1.91. The zero-order chi connectivity index (χ0) is 13.6. The lowest BCUT2D eigenvalue weighted by Crippen LogP contribution is -2.34. The van der Waals surface area contributed by atoms with Gasteiger partial charge in [-0.25, -0.2) is 0 Å². The highest BCUT2D eigenvalue weighted by Gasteiger charge is 2.27. The summed E-state index contributed by atoms with van der Waals surface area (Å²) >= 11 is 0. The average Bonchev–Trinajstić information content (AvgIpc) is 2.78. The third-order valence-electron chi connectivity index (χ3n) is 3.25. The van der Waals surface area contributed by atoms with Crippen molar-refractivity contribution >= 4 is 0 Å². The van der Waals surface area contributed by atoms with Gasteiger partial charge in [-0.1, -0.05) is 58.0 Å². The molecule has 0 aliphatic carbocycles. The number of nitrogens with zero attached hydrogens (tertiary/aromatic N) is 2. The van der Waals surface area contributed by atoms with Crippen molar-refractivity contribution < 1.29 is 4.52 Å². The van der Waals surface area contributed by atoms with Crippen LogP contribution in [-0.4, -0.2) is 10.1 Å². The Labute approximate surface area is 110 Å². The van der Waals surface area contributed by atoms with E-state index in [2.05, 4.69) is 17.1 Å². The maximum absolute atomic E-state index is 6.28. The highest BCUT2D eigenvalue weighted by Crippen LogP contribution is 2.23. The van der Waals surface area contributed by atoms with Crippen LogP contribution < -0.4 is 5.73 Å². The summed E-state index contributed by atoms with van der Waals surface area (Å²) in [6.45, 7) is 8.29. The van der Waals surface area contributed by atoms with Crippen LogP contribution >= 0.6 is 0 Å². The Morgan fingerprint density at radius 2 is 1.89 bits per heavy atom. The minimum absolute atomic E-state index is 0.256. The van der Waals surface area contributed by atoms with Gasteiger partial charge < -0.3 is 10.3 Å². The maximum atomic E-state index is 6.28. The number of rotatable bonds is 8. The highest BCUT2D eigenvalue weighted by atomic mass is 16.5. The summed E-state index contributed by atoms with van der Waals surface area (Å²) in [7, 11) is 0. The Morgan fingerprint density at radius 3 is 2.44 bits per heavy atom. The molecule has 0 saturated heterocycles. The summed E-state index contributed by atoms with van der Waals surface area (Å²) in [4.78, 5) is 4.39. The predicted octanol–water partition coefficient (Wildman–Crippen LogP) is 3.73. The third kappa shape index (κ3) is 4.41. The molecular weight excluding hydrogens is 226 g/mol. The van der Waals surface area contributed by atoms with E-state index >= 15 is 0 Å². The van der Waals surface area contributed by atoms with E-state index in [1.54, 1.807) is 0 Å². The van der Waals surface area contributed by atoms with Gasteiger partial charge in [-0.15, -0.1) is 0 Å². The first kappa shape index (κ1) is 15.2. The molecular formula is C14H27N3O. The fraction of sp³-hybridized carbons (Fsp3) is 0.857. The molecule has 1 rings (SSSR count). The molecule has 2 N–H and O–H groups in total. The van der Waals surface area contributed by atoms with Gasteiger partial charge in [0.25, 0.3) is 0 Å². The van der Waals surface area contributed by atoms with Crippen molar-refractivity contribution in [1.82, 2.24) is 10.1 Å². The monoisotopic (exact) mass is 253 g/mol. The lowest BCUT2D eigenvalue weighted by atomic mass is 9.94. The van der Waals surface area contributed by atoms with Gasteiger partial charge in [0.15, 0.2) is 5.82 Å². The SMILES string of the molecule is CCCCCCCC(C)(N)c1noc(C(C)C)n1. The molecule has 0 aromatic carbocycles. The normalized spacial score (nSPS) is 15.0. The second-order valence-corrected chi connectivity index (χ2v) is 5.69. The Hall–Kier alpha value is -0.900. The summed E-state index contributed by atoms with van der Waals surface area (Å²) in [6.07, 6.45) is 7.13. The molecule has 4 nitrogen and oxygen atoms in total. The highest BCUT2D eigenvalue weighted by molar-refractivity contribution is 5.02. The first-order chi connectivity index (χ1) is 8.47. The summed E-state index contributed by atoms with van der Waals surface area (Å²) in [5.41, 5.74) is 5.81. The first-order valence-electron chi connectivity index (χ1n) is 7.10. The zero-order valence-electron chi connectivity index (χ0n) is 12.2. The van der Waals surface area contributed by atoms with Crippen molar-refractivity contribution in [2.45, 2.75) is 77.7 Å². The van der Waals surface area contributed by atoms with Crippen LogP contribution in [0.15, 0.2) is 4.52 Å². The van der Waals surface area contributed by atoms with Crippen LogP contribution in [0.4, 0.5) is 0 Å². The number of nitrogens with two attached hydrogens (primary N) is 1. The first-order valence-corrected chi connectivity index (χ1v) is 7.10. The van der Waals surface area contributed by atoms with Gasteiger partial charge in [0.05, 0.1) is 5.54 Å². The summed E-state index contributed by atoms with van der Waals surface area (Å²) in [5, 5.41) is 4.01. The molecule has 0 amide bonds. The van der Waals surface area contributed by atoms with E-state index < -0.39 is 5.54 Å². The van der Waals surface area contributed by atoms with E-state index in [-0.39, 0.29) is 5.92 Å². The molecule has 0 aliphatic rings. The average molecular weight is 253 g/mol. The Bertz CT molecular complexity index is 345. The van der Waals surface area contributed by atoms with E-state index in [1.807, 2.05) is 20.8 Å². The van der Waals surface area contributed by atoms with E-state index in [9.17, 15) is 0 Å². The number of hydrogen-bond acceptors (Lipinski definition) is 4. The van der Waals surface area contributed by atoms with Crippen LogP contribution in [-0.2, 0) is 5.54 Å². The second kappa shape index (κ2) is 6.88. The molecule has 1 aromatic heterocycles. The van der Waals surface area contributed by atoms with E-state index in [4.69, 9.17) is 10.3 Å². The molecule has 4 heteroatoms. The molecule has 1 heterocycles. The van der Waals surface area contributed by atoms with Crippen LogP contribution in [0.2, 0.25) is 0 Å². The smallest absolute Gasteiger partial charge is 0.229 e. The lowest BCUT2D eigenvalue weighted by Gasteiger charge is -2.20. The minimum atomic E-state index is -0.469. The van der Waals surface area contributed by atoms with Gasteiger partial charge in [0.2, 0.25) is 5.89 Å². The molecule has 0 aliphatic heterocycles. The topological polar surface area (TPSA) is 64.9 Å². The van der Waals surface area contributed by atoms with Crippen LogP contribution in [0.5, 0.6) is 0 Å². The van der Waals surface area contributed by atoms with Crippen molar-refractivity contribution in [3.05, 3.63) is 11.7 Å². The standard InChI is InChI=1S/C14H27N3O/c1-5-6-7-8-9-10-14(4,15)13-16-12(11(2)3)18-17-13/h11H,5-10,15H2,1-4H3. The number of aromatic nitrogens is 2. The molecule has 104 valence electrons. The van der Waals surface area contributed by atoms with Gasteiger partial charge in [0, 0.05) is 5.92 Å². The Balaban J connectivity index is 2.46. The van der Waals surface area contributed by atoms with Crippen molar-refractivity contribution in [1.29, 1.82) is 0 Å². The molecule has 1 aromatic rings. The van der Waals surface area contributed by atoms with Crippen molar-refractivity contribution in [2.24, 2.45) is 5.73 Å². The molecule has 0 saturated carbocycles. The second-order valence-electron chi connectivity index (χ2n) is 5.69. The molecule has 0 radical (unpaired) electrons. The van der Waals surface area contributed by atoms with Crippen LogP contribution in [0.25, 0.3) is 0 Å². The summed E-state index contributed by atoms with van der Waals surface area (Å²) in [6, 6.07) is 0. The number of hydrogen-bond donors (Lipinski definition) is 1. The van der Waals surface area contributed by atoms with E-state index in [1.165, 1.54) is 25.7 Å². The van der Waals surface area contributed by atoms with Gasteiger partial charge in [-0.05, 0) is 13.3 Å². The molecule has 0 fully saturated rings.